The van der Waals surface area contributed by atoms with Gasteiger partial charge in [0.25, 0.3) is 0 Å². The van der Waals surface area contributed by atoms with Crippen molar-refractivity contribution in [2.75, 3.05) is 6.54 Å². The molecule has 0 spiro atoms. The predicted octanol–water partition coefficient (Wildman–Crippen LogP) is 3.40. The highest BCUT2D eigenvalue weighted by atomic mass is 32.1. The van der Waals surface area contributed by atoms with E-state index in [0.29, 0.717) is 24.7 Å². The van der Waals surface area contributed by atoms with Crippen LogP contribution in [0.3, 0.4) is 0 Å². The molecule has 0 bridgehead atoms. The molecule has 24 heavy (non-hydrogen) atoms. The van der Waals surface area contributed by atoms with Crippen molar-refractivity contribution in [3.63, 3.8) is 0 Å². The van der Waals surface area contributed by atoms with E-state index in [1.165, 1.54) is 0 Å². The number of aryl methyl sites for hydroxylation is 2. The standard InChI is InChI=1S/C17H22N4O2S/c1-11-10-24-17(18-11)13-4-2-3-9-21(13)15(22)8-7-14-19-16(20-23-14)12-5-6-12/h10,12-13H,2-9H2,1H3/t13-/m1/s1. The Hall–Kier alpha value is -1.76. The molecule has 1 atom stereocenters. The zero-order valence-electron chi connectivity index (χ0n) is 13.9. The molecule has 4 rings (SSSR count). The van der Waals surface area contributed by atoms with Crippen molar-refractivity contribution < 1.29 is 9.32 Å². The molecule has 0 unspecified atom stereocenters. The highest BCUT2D eigenvalue weighted by molar-refractivity contribution is 7.09. The van der Waals surface area contributed by atoms with Crippen LogP contribution in [-0.2, 0) is 11.2 Å². The molecule has 1 saturated heterocycles. The van der Waals surface area contributed by atoms with Gasteiger partial charge in [0, 0.05) is 36.4 Å². The van der Waals surface area contributed by atoms with Crippen LogP contribution in [0, 0.1) is 6.92 Å². The number of nitrogens with zero attached hydrogens (tertiary/aromatic N) is 4. The number of thiazole rings is 1. The van der Waals surface area contributed by atoms with Crippen LogP contribution in [0.5, 0.6) is 0 Å². The first kappa shape index (κ1) is 15.7. The fraction of sp³-hybridized carbons (Fsp3) is 0.647. The summed E-state index contributed by atoms with van der Waals surface area (Å²) in [5.41, 5.74) is 1.03. The zero-order chi connectivity index (χ0) is 16.5. The third-order valence-corrected chi connectivity index (χ3v) is 5.79. The third-order valence-electron chi connectivity index (χ3n) is 4.72. The number of rotatable bonds is 5. The van der Waals surface area contributed by atoms with Crippen LogP contribution in [0.25, 0.3) is 0 Å². The van der Waals surface area contributed by atoms with Crippen molar-refractivity contribution in [1.82, 2.24) is 20.0 Å². The normalized spacial score (nSPS) is 21.2. The maximum atomic E-state index is 12.7. The highest BCUT2D eigenvalue weighted by Crippen LogP contribution is 2.38. The summed E-state index contributed by atoms with van der Waals surface area (Å²) >= 11 is 1.66. The highest BCUT2D eigenvalue weighted by Gasteiger charge is 2.31. The van der Waals surface area contributed by atoms with Crippen molar-refractivity contribution in [2.24, 2.45) is 0 Å². The second-order valence-corrected chi connectivity index (χ2v) is 7.64. The fourth-order valence-corrected chi connectivity index (χ4v) is 4.19. The van der Waals surface area contributed by atoms with E-state index in [1.807, 2.05) is 11.8 Å². The number of likely N-dealkylation sites (tertiary alicyclic amines) is 1. The van der Waals surface area contributed by atoms with Gasteiger partial charge in [-0.3, -0.25) is 4.79 Å². The summed E-state index contributed by atoms with van der Waals surface area (Å²) in [7, 11) is 0. The lowest BCUT2D eigenvalue weighted by atomic mass is 10.0. The van der Waals surface area contributed by atoms with Crippen molar-refractivity contribution in [3.8, 4) is 0 Å². The molecule has 0 radical (unpaired) electrons. The summed E-state index contributed by atoms with van der Waals surface area (Å²) in [6.45, 7) is 2.82. The van der Waals surface area contributed by atoms with E-state index in [9.17, 15) is 4.79 Å². The maximum absolute atomic E-state index is 12.7. The molecule has 2 aliphatic rings. The number of carbonyl (C=O) groups excluding carboxylic acids is 1. The Balaban J connectivity index is 1.39. The van der Waals surface area contributed by atoms with E-state index >= 15 is 0 Å². The van der Waals surface area contributed by atoms with Crippen LogP contribution in [-0.4, -0.2) is 32.5 Å². The summed E-state index contributed by atoms with van der Waals surface area (Å²) < 4.78 is 5.28. The number of aromatic nitrogens is 3. The average molecular weight is 346 g/mol. The lowest BCUT2D eigenvalue weighted by Crippen LogP contribution is -2.38. The molecular formula is C17H22N4O2S. The molecule has 7 heteroatoms. The Bertz CT molecular complexity index is 722. The SMILES string of the molecule is Cc1csc([C@H]2CCCCN2C(=O)CCc2nc(C3CC3)no2)n1. The molecule has 0 aromatic carbocycles. The fourth-order valence-electron chi connectivity index (χ4n) is 3.25. The van der Waals surface area contributed by atoms with Crippen LogP contribution in [0.4, 0.5) is 0 Å². The van der Waals surface area contributed by atoms with E-state index in [0.717, 1.165) is 55.2 Å². The van der Waals surface area contributed by atoms with E-state index in [1.54, 1.807) is 11.3 Å². The molecule has 1 saturated carbocycles. The van der Waals surface area contributed by atoms with E-state index < -0.39 is 0 Å². The molecule has 2 fully saturated rings. The van der Waals surface area contributed by atoms with Gasteiger partial charge in [-0.25, -0.2) is 4.98 Å². The van der Waals surface area contributed by atoms with Crippen LogP contribution in [0.2, 0.25) is 0 Å². The summed E-state index contributed by atoms with van der Waals surface area (Å²) in [5.74, 6) is 2.05. The number of hydrogen-bond acceptors (Lipinski definition) is 6. The lowest BCUT2D eigenvalue weighted by Gasteiger charge is -2.34. The minimum atomic E-state index is 0.134. The van der Waals surface area contributed by atoms with Gasteiger partial charge >= 0.3 is 0 Å². The molecule has 6 nitrogen and oxygen atoms in total. The Morgan fingerprint density at radius 2 is 2.21 bits per heavy atom. The minimum absolute atomic E-state index is 0.134. The molecule has 0 N–H and O–H groups in total. The third kappa shape index (κ3) is 3.36. The minimum Gasteiger partial charge on any atom is -0.339 e. The van der Waals surface area contributed by atoms with Crippen LogP contribution in [0.1, 0.15) is 72.9 Å². The second-order valence-electron chi connectivity index (χ2n) is 6.75. The summed E-state index contributed by atoms with van der Waals surface area (Å²) in [4.78, 5) is 23.7. The van der Waals surface area contributed by atoms with Crippen molar-refractivity contribution in [2.45, 2.75) is 63.8 Å². The molecule has 2 aromatic heterocycles. The molecule has 2 aromatic rings. The van der Waals surface area contributed by atoms with Gasteiger partial charge in [-0.2, -0.15) is 4.98 Å². The van der Waals surface area contributed by atoms with Gasteiger partial charge in [-0.1, -0.05) is 5.16 Å². The second kappa shape index (κ2) is 6.63. The number of hydrogen-bond donors (Lipinski definition) is 0. The van der Waals surface area contributed by atoms with Gasteiger partial charge < -0.3 is 9.42 Å². The Morgan fingerprint density at radius 3 is 2.96 bits per heavy atom. The number of carbonyl (C=O) groups is 1. The first-order valence-electron chi connectivity index (χ1n) is 8.74. The molecule has 128 valence electrons. The quantitative estimate of drug-likeness (QED) is 0.830. The van der Waals surface area contributed by atoms with Gasteiger partial charge in [-0.05, 0) is 39.0 Å². The smallest absolute Gasteiger partial charge is 0.227 e. The number of piperidine rings is 1. The van der Waals surface area contributed by atoms with Crippen LogP contribution < -0.4 is 0 Å². The van der Waals surface area contributed by atoms with Gasteiger partial charge in [0.05, 0.1) is 6.04 Å². The average Bonchev–Trinajstić information content (AvgIpc) is 3.18. The molecule has 1 aliphatic heterocycles. The van der Waals surface area contributed by atoms with E-state index in [2.05, 4.69) is 20.5 Å². The van der Waals surface area contributed by atoms with Gasteiger partial charge in [-0.15, -0.1) is 11.3 Å². The zero-order valence-corrected chi connectivity index (χ0v) is 14.7. The molecule has 3 heterocycles. The van der Waals surface area contributed by atoms with Gasteiger partial charge in [0.15, 0.2) is 5.82 Å². The van der Waals surface area contributed by atoms with Crippen LogP contribution >= 0.6 is 11.3 Å². The van der Waals surface area contributed by atoms with Crippen LogP contribution in [0.15, 0.2) is 9.90 Å². The predicted molar refractivity (Wildman–Crippen MR) is 89.8 cm³/mol. The van der Waals surface area contributed by atoms with Crippen molar-refractivity contribution in [3.05, 3.63) is 27.8 Å². The maximum Gasteiger partial charge on any atom is 0.227 e. The number of amides is 1. The lowest BCUT2D eigenvalue weighted by molar-refractivity contribution is -0.135. The molecular weight excluding hydrogens is 324 g/mol. The van der Waals surface area contributed by atoms with Gasteiger partial charge in [0.1, 0.15) is 5.01 Å². The molecule has 1 amide bonds. The largest absolute Gasteiger partial charge is 0.339 e. The Kier molecular flexibility index (Phi) is 4.35. The van der Waals surface area contributed by atoms with Crippen molar-refractivity contribution in [1.29, 1.82) is 0 Å². The monoisotopic (exact) mass is 346 g/mol. The summed E-state index contributed by atoms with van der Waals surface area (Å²) in [6, 6.07) is 0.134. The Labute approximate surface area is 145 Å². The van der Waals surface area contributed by atoms with Crippen molar-refractivity contribution >= 4 is 17.2 Å². The molecule has 1 aliphatic carbocycles. The summed E-state index contributed by atoms with van der Waals surface area (Å²) in [6.07, 6.45) is 6.48. The Morgan fingerprint density at radius 1 is 1.33 bits per heavy atom. The summed E-state index contributed by atoms with van der Waals surface area (Å²) in [5, 5.41) is 7.14. The van der Waals surface area contributed by atoms with E-state index in [4.69, 9.17) is 4.52 Å². The van der Waals surface area contributed by atoms with Gasteiger partial charge in [0.2, 0.25) is 11.8 Å². The first-order chi connectivity index (χ1) is 11.7. The first-order valence-corrected chi connectivity index (χ1v) is 9.62. The topological polar surface area (TPSA) is 72.1 Å². The van der Waals surface area contributed by atoms with E-state index in [-0.39, 0.29) is 11.9 Å².